The summed E-state index contributed by atoms with van der Waals surface area (Å²) in [7, 11) is 0. The summed E-state index contributed by atoms with van der Waals surface area (Å²) in [5.74, 6) is 0. The lowest BCUT2D eigenvalue weighted by atomic mass is 9.97. The molecule has 1 aromatic rings. The fraction of sp³-hybridized carbons (Fsp3) is 0.625. The third kappa shape index (κ3) is 4.79. The van der Waals surface area contributed by atoms with Crippen LogP contribution in [-0.4, -0.2) is 25.7 Å². The molecule has 102 valence electrons. The molecule has 2 nitrogen and oxygen atoms in total. The minimum Gasteiger partial charge on any atom is -0.315 e. The molecular weight excluding hydrogens is 220 g/mol. The quantitative estimate of drug-likeness (QED) is 0.725. The SMILES string of the molecule is Cc1ccc(CCNCCNC(C)C)c(C)c1C. The fourth-order valence-electron chi connectivity index (χ4n) is 2.08. The standard InChI is InChI=1S/C16H28N2/c1-12(2)18-11-10-17-9-8-16-7-6-13(3)14(4)15(16)5/h6-7,12,17-18H,8-11H2,1-5H3. The lowest BCUT2D eigenvalue weighted by Gasteiger charge is -2.12. The summed E-state index contributed by atoms with van der Waals surface area (Å²) in [5.41, 5.74) is 5.76. The highest BCUT2D eigenvalue weighted by atomic mass is 14.9. The van der Waals surface area contributed by atoms with Crippen LogP contribution in [0.25, 0.3) is 0 Å². The van der Waals surface area contributed by atoms with E-state index in [-0.39, 0.29) is 0 Å². The molecule has 1 rings (SSSR count). The molecule has 0 amide bonds. The van der Waals surface area contributed by atoms with Crippen molar-refractivity contribution in [2.45, 2.75) is 47.1 Å². The normalized spacial score (nSPS) is 11.2. The third-order valence-electron chi connectivity index (χ3n) is 3.60. The van der Waals surface area contributed by atoms with Crippen LogP contribution in [0.4, 0.5) is 0 Å². The first-order valence-corrected chi connectivity index (χ1v) is 7.02. The van der Waals surface area contributed by atoms with Crippen LogP contribution < -0.4 is 10.6 Å². The van der Waals surface area contributed by atoms with Gasteiger partial charge in [-0.1, -0.05) is 26.0 Å². The summed E-state index contributed by atoms with van der Waals surface area (Å²) in [5, 5.41) is 6.90. The van der Waals surface area contributed by atoms with E-state index in [2.05, 4.69) is 57.4 Å². The van der Waals surface area contributed by atoms with Crippen LogP contribution in [-0.2, 0) is 6.42 Å². The number of aryl methyl sites for hydroxylation is 1. The van der Waals surface area contributed by atoms with E-state index in [9.17, 15) is 0 Å². The Morgan fingerprint density at radius 3 is 2.33 bits per heavy atom. The van der Waals surface area contributed by atoms with Gasteiger partial charge in [0, 0.05) is 19.1 Å². The number of hydrogen-bond donors (Lipinski definition) is 2. The maximum Gasteiger partial charge on any atom is 0.00790 e. The number of hydrogen-bond acceptors (Lipinski definition) is 2. The van der Waals surface area contributed by atoms with Gasteiger partial charge in [-0.2, -0.15) is 0 Å². The van der Waals surface area contributed by atoms with Gasteiger partial charge < -0.3 is 10.6 Å². The van der Waals surface area contributed by atoms with Crippen molar-refractivity contribution < 1.29 is 0 Å². The highest BCUT2D eigenvalue weighted by Crippen LogP contribution is 2.17. The summed E-state index contributed by atoms with van der Waals surface area (Å²) >= 11 is 0. The zero-order valence-electron chi connectivity index (χ0n) is 12.6. The molecule has 0 aliphatic carbocycles. The van der Waals surface area contributed by atoms with Crippen molar-refractivity contribution in [2.75, 3.05) is 19.6 Å². The molecular formula is C16H28N2. The van der Waals surface area contributed by atoms with Crippen molar-refractivity contribution in [3.63, 3.8) is 0 Å². The predicted molar refractivity (Wildman–Crippen MR) is 80.4 cm³/mol. The lowest BCUT2D eigenvalue weighted by Crippen LogP contribution is -2.32. The molecule has 0 heterocycles. The van der Waals surface area contributed by atoms with Gasteiger partial charge >= 0.3 is 0 Å². The minimum atomic E-state index is 0.578. The second kappa shape index (κ2) is 7.55. The summed E-state index contributed by atoms with van der Waals surface area (Å²) in [4.78, 5) is 0. The van der Waals surface area contributed by atoms with E-state index in [0.29, 0.717) is 6.04 Å². The molecule has 0 unspecified atom stereocenters. The smallest absolute Gasteiger partial charge is 0.00790 e. The van der Waals surface area contributed by atoms with Crippen LogP contribution in [0, 0.1) is 20.8 Å². The molecule has 1 aromatic carbocycles. The highest BCUT2D eigenvalue weighted by molar-refractivity contribution is 5.38. The van der Waals surface area contributed by atoms with Gasteiger partial charge in [0.1, 0.15) is 0 Å². The molecule has 0 fully saturated rings. The van der Waals surface area contributed by atoms with E-state index in [4.69, 9.17) is 0 Å². The van der Waals surface area contributed by atoms with Crippen LogP contribution in [0.1, 0.15) is 36.1 Å². The van der Waals surface area contributed by atoms with Gasteiger partial charge in [-0.05, 0) is 56.0 Å². The van der Waals surface area contributed by atoms with Crippen molar-refractivity contribution in [1.29, 1.82) is 0 Å². The Kier molecular flexibility index (Phi) is 6.37. The zero-order valence-corrected chi connectivity index (χ0v) is 12.6. The molecule has 0 bridgehead atoms. The second-order valence-electron chi connectivity index (χ2n) is 5.40. The van der Waals surface area contributed by atoms with Crippen molar-refractivity contribution in [2.24, 2.45) is 0 Å². The van der Waals surface area contributed by atoms with Gasteiger partial charge in [-0.3, -0.25) is 0 Å². The summed E-state index contributed by atoms with van der Waals surface area (Å²) < 4.78 is 0. The number of benzene rings is 1. The predicted octanol–water partition coefficient (Wildman–Crippen LogP) is 2.74. The average Bonchev–Trinajstić information content (AvgIpc) is 2.33. The minimum absolute atomic E-state index is 0.578. The Morgan fingerprint density at radius 2 is 1.67 bits per heavy atom. The monoisotopic (exact) mass is 248 g/mol. The van der Waals surface area contributed by atoms with Crippen LogP contribution >= 0.6 is 0 Å². The Balaban J connectivity index is 2.30. The Bertz CT molecular complexity index is 370. The van der Waals surface area contributed by atoms with Gasteiger partial charge in [-0.25, -0.2) is 0 Å². The molecule has 0 aliphatic heterocycles. The molecule has 2 N–H and O–H groups in total. The van der Waals surface area contributed by atoms with Gasteiger partial charge in [0.05, 0.1) is 0 Å². The van der Waals surface area contributed by atoms with Crippen LogP contribution in [0.2, 0.25) is 0 Å². The molecule has 0 atom stereocenters. The molecule has 18 heavy (non-hydrogen) atoms. The van der Waals surface area contributed by atoms with E-state index >= 15 is 0 Å². The van der Waals surface area contributed by atoms with Crippen molar-refractivity contribution >= 4 is 0 Å². The van der Waals surface area contributed by atoms with E-state index < -0.39 is 0 Å². The average molecular weight is 248 g/mol. The Labute approximate surface area is 112 Å². The summed E-state index contributed by atoms with van der Waals surface area (Å²) in [6.45, 7) is 14.1. The van der Waals surface area contributed by atoms with Crippen molar-refractivity contribution in [1.82, 2.24) is 10.6 Å². The van der Waals surface area contributed by atoms with E-state index in [0.717, 1.165) is 26.1 Å². The molecule has 2 heteroatoms. The van der Waals surface area contributed by atoms with Crippen LogP contribution in [0.5, 0.6) is 0 Å². The fourth-order valence-corrected chi connectivity index (χ4v) is 2.08. The van der Waals surface area contributed by atoms with Crippen LogP contribution in [0.15, 0.2) is 12.1 Å². The molecule has 0 aliphatic rings. The first kappa shape index (κ1) is 15.2. The van der Waals surface area contributed by atoms with Gasteiger partial charge in [0.2, 0.25) is 0 Å². The first-order valence-electron chi connectivity index (χ1n) is 7.02. The Morgan fingerprint density at radius 1 is 0.944 bits per heavy atom. The van der Waals surface area contributed by atoms with E-state index in [1.807, 2.05) is 0 Å². The number of nitrogens with one attached hydrogen (secondary N) is 2. The first-order chi connectivity index (χ1) is 8.52. The van der Waals surface area contributed by atoms with E-state index in [1.165, 1.54) is 22.3 Å². The molecule has 0 saturated heterocycles. The van der Waals surface area contributed by atoms with Crippen molar-refractivity contribution in [3.8, 4) is 0 Å². The maximum absolute atomic E-state index is 3.49. The molecule has 0 saturated carbocycles. The van der Waals surface area contributed by atoms with E-state index in [1.54, 1.807) is 0 Å². The summed E-state index contributed by atoms with van der Waals surface area (Å²) in [6, 6.07) is 5.08. The zero-order chi connectivity index (χ0) is 13.5. The van der Waals surface area contributed by atoms with Crippen LogP contribution in [0.3, 0.4) is 0 Å². The molecule has 0 spiro atoms. The number of rotatable bonds is 7. The second-order valence-corrected chi connectivity index (χ2v) is 5.40. The molecule has 0 aromatic heterocycles. The maximum atomic E-state index is 3.49. The van der Waals surface area contributed by atoms with Gasteiger partial charge in [0.25, 0.3) is 0 Å². The summed E-state index contributed by atoms with van der Waals surface area (Å²) in [6.07, 6.45) is 1.12. The van der Waals surface area contributed by atoms with Gasteiger partial charge in [0.15, 0.2) is 0 Å². The Hall–Kier alpha value is -0.860. The largest absolute Gasteiger partial charge is 0.315 e. The topological polar surface area (TPSA) is 24.1 Å². The third-order valence-corrected chi connectivity index (χ3v) is 3.60. The lowest BCUT2D eigenvalue weighted by molar-refractivity contribution is 0.556. The van der Waals surface area contributed by atoms with Gasteiger partial charge in [-0.15, -0.1) is 0 Å². The van der Waals surface area contributed by atoms with Crippen molar-refractivity contribution in [3.05, 3.63) is 34.4 Å². The highest BCUT2D eigenvalue weighted by Gasteiger charge is 2.03. The molecule has 0 radical (unpaired) electrons.